The van der Waals surface area contributed by atoms with Crippen molar-refractivity contribution < 1.29 is 0 Å². The van der Waals surface area contributed by atoms with Crippen LogP contribution in [-0.2, 0) is 0 Å². The summed E-state index contributed by atoms with van der Waals surface area (Å²) in [5.41, 5.74) is 0. The standard InChI is InChI=1S/C6H7N2S/c1-2-9-6-5-7-3-4-8-6/h3-4H,2H2,1H3. The third-order valence-electron chi connectivity index (χ3n) is 0.774. The van der Waals surface area contributed by atoms with Crippen molar-refractivity contribution >= 4 is 11.8 Å². The Bertz CT molecular complexity index is 164. The highest BCUT2D eigenvalue weighted by atomic mass is 32.2. The van der Waals surface area contributed by atoms with Gasteiger partial charge in [0.25, 0.3) is 0 Å². The first-order valence-electron chi connectivity index (χ1n) is 2.75. The Morgan fingerprint density at radius 1 is 1.67 bits per heavy atom. The molecule has 0 bridgehead atoms. The summed E-state index contributed by atoms with van der Waals surface area (Å²) in [6, 6.07) is 0. The van der Waals surface area contributed by atoms with Gasteiger partial charge in [0.2, 0.25) is 0 Å². The zero-order valence-electron chi connectivity index (χ0n) is 5.16. The molecule has 3 heteroatoms. The summed E-state index contributed by atoms with van der Waals surface area (Å²) < 4.78 is 0. The summed E-state index contributed by atoms with van der Waals surface area (Å²) in [6.07, 6.45) is 6.07. The molecule has 2 nitrogen and oxygen atoms in total. The number of hydrogen-bond donors (Lipinski definition) is 0. The van der Waals surface area contributed by atoms with Crippen LogP contribution in [0.1, 0.15) is 6.92 Å². The van der Waals surface area contributed by atoms with E-state index in [0.717, 1.165) is 10.8 Å². The molecule has 0 unspecified atom stereocenters. The minimum atomic E-state index is 0.875. The fourth-order valence-electron chi connectivity index (χ4n) is 0.462. The quantitative estimate of drug-likeness (QED) is 0.579. The van der Waals surface area contributed by atoms with E-state index in [0.29, 0.717) is 0 Å². The summed E-state index contributed by atoms with van der Waals surface area (Å²) in [5.74, 6) is 1.02. The zero-order chi connectivity index (χ0) is 6.53. The maximum atomic E-state index is 4.01. The van der Waals surface area contributed by atoms with E-state index < -0.39 is 0 Å². The van der Waals surface area contributed by atoms with E-state index in [4.69, 9.17) is 0 Å². The van der Waals surface area contributed by atoms with E-state index in [9.17, 15) is 0 Å². The van der Waals surface area contributed by atoms with Gasteiger partial charge in [0, 0.05) is 12.4 Å². The third-order valence-corrected chi connectivity index (χ3v) is 1.53. The molecule has 0 aliphatic rings. The lowest BCUT2D eigenvalue weighted by molar-refractivity contribution is 1.04. The van der Waals surface area contributed by atoms with Crippen molar-refractivity contribution in [1.82, 2.24) is 9.97 Å². The van der Waals surface area contributed by atoms with Crippen molar-refractivity contribution in [2.24, 2.45) is 0 Å². The Hall–Kier alpha value is -0.570. The highest BCUT2D eigenvalue weighted by molar-refractivity contribution is 7.99. The molecule has 1 rings (SSSR count). The Balaban J connectivity index is 2.61. The second kappa shape index (κ2) is 3.45. The summed E-state index contributed by atoms with van der Waals surface area (Å²) in [7, 11) is 0. The van der Waals surface area contributed by atoms with Gasteiger partial charge in [-0.25, -0.2) is 4.98 Å². The number of rotatable bonds is 2. The van der Waals surface area contributed by atoms with Crippen molar-refractivity contribution in [3.05, 3.63) is 18.6 Å². The van der Waals surface area contributed by atoms with Crippen LogP contribution in [0.2, 0.25) is 0 Å². The first-order chi connectivity index (χ1) is 4.43. The van der Waals surface area contributed by atoms with Crippen LogP contribution >= 0.6 is 11.8 Å². The van der Waals surface area contributed by atoms with Gasteiger partial charge in [0.15, 0.2) is 0 Å². The molecule has 0 aliphatic heterocycles. The van der Waals surface area contributed by atoms with Crippen molar-refractivity contribution in [2.45, 2.75) is 11.9 Å². The van der Waals surface area contributed by atoms with Crippen molar-refractivity contribution in [3.8, 4) is 0 Å². The number of nitrogens with zero attached hydrogens (tertiary/aromatic N) is 2. The highest BCUT2D eigenvalue weighted by Gasteiger charge is 1.88. The molecular weight excluding hydrogens is 132 g/mol. The lowest BCUT2D eigenvalue weighted by atomic mass is 10.8. The smallest absolute Gasteiger partial charge is 0.124 e. The fourth-order valence-corrected chi connectivity index (χ4v) is 0.988. The van der Waals surface area contributed by atoms with Crippen LogP contribution in [-0.4, -0.2) is 15.7 Å². The first kappa shape index (κ1) is 6.55. The van der Waals surface area contributed by atoms with Gasteiger partial charge in [-0.2, -0.15) is 0 Å². The molecule has 1 radical (unpaired) electrons. The molecule has 0 N–H and O–H groups in total. The molecule has 0 saturated carbocycles. The average molecular weight is 139 g/mol. The van der Waals surface area contributed by atoms with E-state index in [1.54, 1.807) is 24.2 Å². The Labute approximate surface area is 58.7 Å². The fraction of sp³-hybridized carbons (Fsp3) is 0.333. The lowest BCUT2D eigenvalue weighted by Crippen LogP contribution is -1.80. The van der Waals surface area contributed by atoms with Gasteiger partial charge in [-0.1, -0.05) is 6.92 Å². The SMILES string of the molecule is CCSc1[c]nccn1. The largest absolute Gasteiger partial charge is 0.250 e. The summed E-state index contributed by atoms with van der Waals surface area (Å²) in [5, 5.41) is 0.875. The van der Waals surface area contributed by atoms with E-state index >= 15 is 0 Å². The van der Waals surface area contributed by atoms with Crippen LogP contribution < -0.4 is 0 Å². The molecular formula is C6H7N2S. The highest BCUT2D eigenvalue weighted by Crippen LogP contribution is 2.09. The van der Waals surface area contributed by atoms with Gasteiger partial charge in [-0.3, -0.25) is 4.98 Å². The van der Waals surface area contributed by atoms with Crippen molar-refractivity contribution in [2.75, 3.05) is 5.75 Å². The van der Waals surface area contributed by atoms with E-state index in [-0.39, 0.29) is 0 Å². The van der Waals surface area contributed by atoms with E-state index in [2.05, 4.69) is 23.1 Å². The minimum absolute atomic E-state index is 0.875. The Kier molecular flexibility index (Phi) is 2.51. The van der Waals surface area contributed by atoms with Crippen LogP contribution in [0.4, 0.5) is 0 Å². The van der Waals surface area contributed by atoms with Crippen LogP contribution in [0.15, 0.2) is 17.4 Å². The van der Waals surface area contributed by atoms with Gasteiger partial charge in [0.05, 0.1) is 0 Å². The van der Waals surface area contributed by atoms with Gasteiger partial charge in [-0.15, -0.1) is 11.8 Å². The minimum Gasteiger partial charge on any atom is -0.250 e. The molecule has 0 amide bonds. The van der Waals surface area contributed by atoms with Gasteiger partial charge >= 0.3 is 0 Å². The number of aromatic nitrogens is 2. The molecule has 0 saturated heterocycles. The van der Waals surface area contributed by atoms with Crippen LogP contribution in [0, 0.1) is 6.20 Å². The number of hydrogen-bond acceptors (Lipinski definition) is 3. The molecule has 0 aliphatic carbocycles. The van der Waals surface area contributed by atoms with Crippen LogP contribution in [0.25, 0.3) is 0 Å². The van der Waals surface area contributed by atoms with Crippen LogP contribution in [0.5, 0.6) is 0 Å². The molecule has 0 aromatic carbocycles. The van der Waals surface area contributed by atoms with E-state index in [1.165, 1.54) is 0 Å². The molecule has 0 fully saturated rings. The summed E-state index contributed by atoms with van der Waals surface area (Å²) >= 11 is 1.65. The van der Waals surface area contributed by atoms with Crippen LogP contribution in [0.3, 0.4) is 0 Å². The number of thioether (sulfide) groups is 1. The second-order valence-electron chi connectivity index (χ2n) is 1.41. The first-order valence-corrected chi connectivity index (χ1v) is 3.73. The van der Waals surface area contributed by atoms with Crippen molar-refractivity contribution in [3.63, 3.8) is 0 Å². The molecule has 47 valence electrons. The topological polar surface area (TPSA) is 25.8 Å². The van der Waals surface area contributed by atoms with Crippen molar-refractivity contribution in [1.29, 1.82) is 0 Å². The monoisotopic (exact) mass is 139 g/mol. The van der Waals surface area contributed by atoms with Gasteiger partial charge in [0.1, 0.15) is 11.2 Å². The average Bonchev–Trinajstić information content (AvgIpc) is 1.91. The normalized spacial score (nSPS) is 9.44. The van der Waals surface area contributed by atoms with E-state index in [1.807, 2.05) is 0 Å². The molecule has 0 spiro atoms. The summed E-state index contributed by atoms with van der Waals surface area (Å²) in [6.45, 7) is 2.08. The predicted molar refractivity (Wildman–Crippen MR) is 37.3 cm³/mol. The predicted octanol–water partition coefficient (Wildman–Crippen LogP) is 1.39. The Morgan fingerprint density at radius 3 is 3.11 bits per heavy atom. The maximum Gasteiger partial charge on any atom is 0.124 e. The zero-order valence-corrected chi connectivity index (χ0v) is 5.98. The molecule has 1 heterocycles. The third kappa shape index (κ3) is 2.01. The maximum absolute atomic E-state index is 4.01. The molecule has 0 atom stereocenters. The van der Waals surface area contributed by atoms with Gasteiger partial charge < -0.3 is 0 Å². The molecule has 1 aromatic heterocycles. The second-order valence-corrected chi connectivity index (χ2v) is 2.66. The Morgan fingerprint density at radius 2 is 2.56 bits per heavy atom. The molecule has 1 aromatic rings. The molecule has 9 heavy (non-hydrogen) atoms. The summed E-state index contributed by atoms with van der Waals surface area (Å²) in [4.78, 5) is 7.81. The van der Waals surface area contributed by atoms with Gasteiger partial charge in [-0.05, 0) is 5.75 Å². The lowest BCUT2D eigenvalue weighted by Gasteiger charge is -1.90.